The molecule has 18 heavy (non-hydrogen) atoms. The van der Waals surface area contributed by atoms with Gasteiger partial charge in [0.15, 0.2) is 0 Å². The van der Waals surface area contributed by atoms with Gasteiger partial charge in [0.2, 0.25) is 0 Å². The Hall–Kier alpha value is -1.58. The van der Waals surface area contributed by atoms with E-state index in [0.717, 1.165) is 24.8 Å². The molecule has 0 aliphatic heterocycles. The number of hydrogen-bond donors (Lipinski definition) is 1. The van der Waals surface area contributed by atoms with E-state index >= 15 is 0 Å². The van der Waals surface area contributed by atoms with E-state index in [4.69, 9.17) is 0 Å². The maximum Gasteiger partial charge on any atom is 0.317 e. The molecule has 0 aromatic heterocycles. The zero-order valence-corrected chi connectivity index (χ0v) is 11.1. The molecule has 0 radical (unpaired) electrons. The first-order valence-electron chi connectivity index (χ1n) is 6.37. The van der Waals surface area contributed by atoms with Crippen molar-refractivity contribution in [2.24, 2.45) is 0 Å². The third-order valence-electron chi connectivity index (χ3n) is 2.74. The van der Waals surface area contributed by atoms with Crippen LogP contribution in [0, 0.1) is 5.82 Å². The van der Waals surface area contributed by atoms with E-state index in [-0.39, 0.29) is 11.8 Å². The summed E-state index contributed by atoms with van der Waals surface area (Å²) in [5, 5.41) is 2.86. The molecule has 1 N–H and O–H groups in total. The minimum atomic E-state index is -0.259. The molecule has 4 heteroatoms. The molecule has 3 nitrogen and oxygen atoms in total. The summed E-state index contributed by atoms with van der Waals surface area (Å²) in [6.07, 6.45) is 3.27. The van der Waals surface area contributed by atoms with Crippen LogP contribution in [-0.4, -0.2) is 24.5 Å². The fourth-order valence-corrected chi connectivity index (χ4v) is 1.64. The number of rotatable bonds is 6. The van der Waals surface area contributed by atoms with Gasteiger partial charge in [-0.3, -0.25) is 0 Å². The van der Waals surface area contributed by atoms with Crippen molar-refractivity contribution < 1.29 is 9.18 Å². The highest BCUT2D eigenvalue weighted by atomic mass is 19.1. The van der Waals surface area contributed by atoms with Crippen molar-refractivity contribution in [3.05, 3.63) is 35.6 Å². The van der Waals surface area contributed by atoms with Gasteiger partial charge in [0.25, 0.3) is 0 Å². The summed E-state index contributed by atoms with van der Waals surface area (Å²) in [7, 11) is 1.73. The average Bonchev–Trinajstić information content (AvgIpc) is 2.37. The summed E-state index contributed by atoms with van der Waals surface area (Å²) in [5.41, 5.74) is 0.919. The molecular weight excluding hydrogens is 231 g/mol. The summed E-state index contributed by atoms with van der Waals surface area (Å²) in [4.78, 5) is 13.3. The highest BCUT2D eigenvalue weighted by Gasteiger charge is 2.07. The minimum absolute atomic E-state index is 0.0876. The lowest BCUT2D eigenvalue weighted by molar-refractivity contribution is 0.206. The van der Waals surface area contributed by atoms with Gasteiger partial charge in [0.05, 0.1) is 0 Å². The average molecular weight is 252 g/mol. The number of urea groups is 1. The van der Waals surface area contributed by atoms with Crippen LogP contribution >= 0.6 is 0 Å². The fourth-order valence-electron chi connectivity index (χ4n) is 1.64. The highest BCUT2D eigenvalue weighted by Crippen LogP contribution is 2.05. The normalized spacial score (nSPS) is 10.2. The molecule has 0 atom stereocenters. The number of hydrogen-bond acceptors (Lipinski definition) is 1. The Labute approximate surface area is 108 Å². The number of benzene rings is 1. The second-order valence-corrected chi connectivity index (χ2v) is 4.42. The van der Waals surface area contributed by atoms with Gasteiger partial charge in [-0.15, -0.1) is 0 Å². The smallest absolute Gasteiger partial charge is 0.317 e. The molecule has 0 aliphatic rings. The van der Waals surface area contributed by atoms with Gasteiger partial charge in [-0.2, -0.15) is 0 Å². The number of carbonyl (C=O) groups excluding carboxylic acids is 1. The van der Waals surface area contributed by atoms with E-state index in [0.29, 0.717) is 13.1 Å². The predicted octanol–water partition coefficient (Wildman–Crippen LogP) is 3.16. The van der Waals surface area contributed by atoms with Crippen LogP contribution in [0.2, 0.25) is 0 Å². The molecule has 100 valence electrons. The molecule has 0 spiro atoms. The topological polar surface area (TPSA) is 32.3 Å². The largest absolute Gasteiger partial charge is 0.338 e. The second-order valence-electron chi connectivity index (χ2n) is 4.42. The van der Waals surface area contributed by atoms with Crippen LogP contribution in [0.4, 0.5) is 9.18 Å². The number of nitrogens with zero attached hydrogens (tertiary/aromatic N) is 1. The van der Waals surface area contributed by atoms with Crippen molar-refractivity contribution in [1.29, 1.82) is 0 Å². The van der Waals surface area contributed by atoms with Crippen LogP contribution in [0.3, 0.4) is 0 Å². The summed E-state index contributed by atoms with van der Waals surface area (Å²) in [6.45, 7) is 3.32. The van der Waals surface area contributed by atoms with Crippen molar-refractivity contribution >= 4 is 6.03 Å². The Morgan fingerprint density at radius 3 is 2.56 bits per heavy atom. The number of carbonyl (C=O) groups is 1. The van der Waals surface area contributed by atoms with Crippen LogP contribution in [0.25, 0.3) is 0 Å². The Kier molecular flexibility index (Phi) is 6.19. The maximum atomic E-state index is 12.7. The zero-order chi connectivity index (χ0) is 13.4. The van der Waals surface area contributed by atoms with Gasteiger partial charge in [0.1, 0.15) is 5.82 Å². The lowest BCUT2D eigenvalue weighted by atomic mass is 10.2. The van der Waals surface area contributed by atoms with E-state index < -0.39 is 0 Å². The van der Waals surface area contributed by atoms with Crippen molar-refractivity contribution in [1.82, 2.24) is 10.2 Å². The fraction of sp³-hybridized carbons (Fsp3) is 0.500. The van der Waals surface area contributed by atoms with Gasteiger partial charge in [-0.1, -0.05) is 31.9 Å². The van der Waals surface area contributed by atoms with Crippen molar-refractivity contribution in [2.45, 2.75) is 32.7 Å². The SMILES string of the molecule is CCCCCNC(=O)N(C)Cc1ccc(F)cc1. The standard InChI is InChI=1S/C14H21FN2O/c1-3-4-5-10-16-14(18)17(2)11-12-6-8-13(15)9-7-12/h6-9H,3-5,10-11H2,1-2H3,(H,16,18). The first-order valence-corrected chi connectivity index (χ1v) is 6.37. The third kappa shape index (κ3) is 5.17. The van der Waals surface area contributed by atoms with Gasteiger partial charge in [-0.05, 0) is 24.1 Å². The minimum Gasteiger partial charge on any atom is -0.338 e. The summed E-state index contributed by atoms with van der Waals surface area (Å²) >= 11 is 0. The van der Waals surface area contributed by atoms with Crippen LogP contribution in [0.15, 0.2) is 24.3 Å². The molecule has 0 heterocycles. The maximum absolute atomic E-state index is 12.7. The van der Waals surface area contributed by atoms with E-state index in [1.807, 2.05) is 0 Å². The molecule has 2 amide bonds. The van der Waals surface area contributed by atoms with Crippen molar-refractivity contribution in [3.8, 4) is 0 Å². The van der Waals surface area contributed by atoms with Crippen molar-refractivity contribution in [2.75, 3.05) is 13.6 Å². The first kappa shape index (κ1) is 14.5. The first-order chi connectivity index (χ1) is 8.63. The Bertz CT molecular complexity index is 365. The van der Waals surface area contributed by atoms with E-state index in [1.165, 1.54) is 12.1 Å². The monoisotopic (exact) mass is 252 g/mol. The Balaban J connectivity index is 2.33. The van der Waals surface area contributed by atoms with E-state index in [1.54, 1.807) is 24.1 Å². The number of nitrogens with one attached hydrogen (secondary N) is 1. The number of unbranched alkanes of at least 4 members (excludes halogenated alkanes) is 2. The molecule has 0 aliphatic carbocycles. The lowest BCUT2D eigenvalue weighted by Gasteiger charge is -2.18. The van der Waals surface area contributed by atoms with E-state index in [9.17, 15) is 9.18 Å². The Morgan fingerprint density at radius 2 is 1.94 bits per heavy atom. The predicted molar refractivity (Wildman–Crippen MR) is 70.8 cm³/mol. The van der Waals surface area contributed by atoms with Crippen LogP contribution in [-0.2, 0) is 6.54 Å². The quantitative estimate of drug-likeness (QED) is 0.775. The Morgan fingerprint density at radius 1 is 1.28 bits per heavy atom. The molecule has 0 bridgehead atoms. The summed E-state index contributed by atoms with van der Waals surface area (Å²) < 4.78 is 12.7. The van der Waals surface area contributed by atoms with E-state index in [2.05, 4.69) is 12.2 Å². The molecule has 0 saturated carbocycles. The van der Waals surface area contributed by atoms with Gasteiger partial charge in [-0.25, -0.2) is 9.18 Å². The molecule has 0 unspecified atom stereocenters. The molecule has 0 fully saturated rings. The molecular formula is C14H21FN2O. The van der Waals surface area contributed by atoms with Gasteiger partial charge >= 0.3 is 6.03 Å². The van der Waals surface area contributed by atoms with Gasteiger partial charge in [0, 0.05) is 20.1 Å². The second kappa shape index (κ2) is 7.69. The summed E-state index contributed by atoms with van der Waals surface area (Å²) in [6, 6.07) is 6.10. The lowest BCUT2D eigenvalue weighted by Crippen LogP contribution is -2.37. The van der Waals surface area contributed by atoms with Crippen molar-refractivity contribution in [3.63, 3.8) is 0 Å². The number of amides is 2. The summed E-state index contributed by atoms with van der Waals surface area (Å²) in [5.74, 6) is -0.259. The molecule has 1 aromatic rings. The number of halogens is 1. The molecule has 1 aromatic carbocycles. The van der Waals surface area contributed by atoms with Gasteiger partial charge < -0.3 is 10.2 Å². The van der Waals surface area contributed by atoms with Crippen LogP contribution in [0.1, 0.15) is 31.7 Å². The molecule has 1 rings (SSSR count). The van der Waals surface area contributed by atoms with Crippen LogP contribution in [0.5, 0.6) is 0 Å². The zero-order valence-electron chi connectivity index (χ0n) is 11.1. The third-order valence-corrected chi connectivity index (χ3v) is 2.74. The van der Waals surface area contributed by atoms with Crippen LogP contribution < -0.4 is 5.32 Å². The molecule has 0 saturated heterocycles. The highest BCUT2D eigenvalue weighted by molar-refractivity contribution is 5.73.